The monoisotopic (exact) mass is 580 g/mol. The van der Waals surface area contributed by atoms with Crippen molar-refractivity contribution < 1.29 is 32.6 Å². The Bertz CT molecular complexity index is 1150. The maximum absolute atomic E-state index is 13.6. The van der Waals surface area contributed by atoms with Crippen LogP contribution in [0.5, 0.6) is 11.5 Å². The number of fused-ring (bicyclic) bond motifs is 1. The fraction of sp³-hybridized carbons (Fsp3) is 0.714. The van der Waals surface area contributed by atoms with Crippen LogP contribution in [0.15, 0.2) is 18.2 Å². The number of unbranched alkanes of at least 4 members (excludes halogenated alkanes) is 1. The summed E-state index contributed by atoms with van der Waals surface area (Å²) in [5, 5.41) is 10.4. The molecule has 2 saturated heterocycles. The fourth-order valence-electron chi connectivity index (χ4n) is 6.11. The lowest BCUT2D eigenvalue weighted by Gasteiger charge is -2.30. The van der Waals surface area contributed by atoms with Gasteiger partial charge in [-0.15, -0.1) is 0 Å². The standard InChI is InChI=1S/C28H44N4O7S/c1-4-5-12-30(13-6-11-29(2)3)26(33)19-31-18-22(21-8-9-24-25(17-21)39-20-38-24)27(28(34)35)23(31)10-15-32-14-7-16-40(32,36)37/h8-9,17,22-23,27H,4-7,10-16,18-20H2,1-3H3,(H,34,35)/t22-,23+,27?/m1/s1. The molecule has 0 radical (unpaired) electrons. The number of rotatable bonds is 14. The maximum atomic E-state index is 13.6. The van der Waals surface area contributed by atoms with Gasteiger partial charge in [0.1, 0.15) is 0 Å². The van der Waals surface area contributed by atoms with Gasteiger partial charge in [0, 0.05) is 44.7 Å². The maximum Gasteiger partial charge on any atom is 0.308 e. The van der Waals surface area contributed by atoms with E-state index >= 15 is 0 Å². The van der Waals surface area contributed by atoms with E-state index in [1.807, 2.05) is 36.0 Å². The first-order valence-electron chi connectivity index (χ1n) is 14.4. The minimum absolute atomic E-state index is 0.0125. The highest BCUT2D eigenvalue weighted by Crippen LogP contribution is 2.43. The lowest BCUT2D eigenvalue weighted by atomic mass is 9.84. The van der Waals surface area contributed by atoms with E-state index in [4.69, 9.17) is 9.47 Å². The molecule has 3 aliphatic heterocycles. The van der Waals surface area contributed by atoms with E-state index in [1.165, 1.54) is 4.31 Å². The van der Waals surface area contributed by atoms with Crippen LogP contribution in [0.1, 0.15) is 50.5 Å². The topological polar surface area (TPSA) is 120 Å². The average Bonchev–Trinajstić information content (AvgIpc) is 3.60. The predicted octanol–water partition coefficient (Wildman–Crippen LogP) is 1.89. The number of ether oxygens (including phenoxy) is 2. The highest BCUT2D eigenvalue weighted by atomic mass is 32.2. The van der Waals surface area contributed by atoms with Crippen LogP contribution in [0.4, 0.5) is 0 Å². The Hall–Kier alpha value is -2.41. The van der Waals surface area contributed by atoms with Crippen LogP contribution in [0.3, 0.4) is 0 Å². The minimum atomic E-state index is -3.31. The molecular formula is C28H44N4O7S. The normalized spacial score (nSPS) is 24.1. The first-order valence-corrected chi connectivity index (χ1v) is 16.0. The number of likely N-dealkylation sites (tertiary alicyclic amines) is 1. The molecule has 1 aromatic carbocycles. The van der Waals surface area contributed by atoms with Crippen molar-refractivity contribution >= 4 is 21.9 Å². The average molecular weight is 581 g/mol. The van der Waals surface area contributed by atoms with Gasteiger partial charge in [-0.2, -0.15) is 0 Å². The highest BCUT2D eigenvalue weighted by Gasteiger charge is 2.48. The number of carboxylic acid groups (broad SMARTS) is 1. The van der Waals surface area contributed by atoms with Gasteiger partial charge in [-0.05, 0) is 64.0 Å². The Morgan fingerprint density at radius 3 is 2.52 bits per heavy atom. The van der Waals surface area contributed by atoms with E-state index in [0.717, 1.165) is 31.4 Å². The molecule has 11 nitrogen and oxygen atoms in total. The Morgan fingerprint density at radius 2 is 1.85 bits per heavy atom. The van der Waals surface area contributed by atoms with E-state index in [-0.39, 0.29) is 37.5 Å². The lowest BCUT2D eigenvalue weighted by Crippen LogP contribution is -2.46. The third kappa shape index (κ3) is 7.26. The number of hydrogen-bond acceptors (Lipinski definition) is 8. The number of hydrogen-bond donors (Lipinski definition) is 1. The van der Waals surface area contributed by atoms with Crippen molar-refractivity contribution in [1.82, 2.24) is 19.0 Å². The van der Waals surface area contributed by atoms with Crippen LogP contribution in [0.25, 0.3) is 0 Å². The Balaban J connectivity index is 1.57. The zero-order chi connectivity index (χ0) is 28.9. The third-order valence-corrected chi connectivity index (χ3v) is 10.2. The molecule has 4 rings (SSSR count). The molecule has 40 heavy (non-hydrogen) atoms. The molecule has 0 saturated carbocycles. The molecule has 1 amide bonds. The summed E-state index contributed by atoms with van der Waals surface area (Å²) >= 11 is 0. The van der Waals surface area contributed by atoms with Gasteiger partial charge in [0.25, 0.3) is 0 Å². The van der Waals surface area contributed by atoms with Gasteiger partial charge >= 0.3 is 5.97 Å². The predicted molar refractivity (Wildman–Crippen MR) is 151 cm³/mol. The van der Waals surface area contributed by atoms with Crippen molar-refractivity contribution in [3.05, 3.63) is 23.8 Å². The second-order valence-corrected chi connectivity index (χ2v) is 13.4. The molecule has 0 bridgehead atoms. The fourth-order valence-corrected chi connectivity index (χ4v) is 7.66. The van der Waals surface area contributed by atoms with Crippen molar-refractivity contribution in [2.45, 2.75) is 51.0 Å². The number of aliphatic carboxylic acids is 1. The summed E-state index contributed by atoms with van der Waals surface area (Å²) in [6, 6.07) is 5.02. The van der Waals surface area contributed by atoms with Crippen molar-refractivity contribution in [3.8, 4) is 11.5 Å². The molecule has 2 fully saturated rings. The Kier molecular flexibility index (Phi) is 10.3. The van der Waals surface area contributed by atoms with E-state index in [9.17, 15) is 23.1 Å². The largest absolute Gasteiger partial charge is 0.481 e. The summed E-state index contributed by atoms with van der Waals surface area (Å²) in [4.78, 5) is 32.4. The van der Waals surface area contributed by atoms with Crippen molar-refractivity contribution in [3.63, 3.8) is 0 Å². The quantitative estimate of drug-likeness (QED) is 0.352. The molecular weight excluding hydrogens is 536 g/mol. The van der Waals surface area contributed by atoms with Crippen LogP contribution >= 0.6 is 0 Å². The number of carboxylic acids is 1. The Morgan fingerprint density at radius 1 is 1.10 bits per heavy atom. The zero-order valence-corrected chi connectivity index (χ0v) is 24.8. The van der Waals surface area contributed by atoms with Crippen molar-refractivity contribution in [1.29, 1.82) is 0 Å². The summed E-state index contributed by atoms with van der Waals surface area (Å²) < 4.78 is 37.4. The smallest absolute Gasteiger partial charge is 0.308 e. The Labute approximate surface area is 238 Å². The van der Waals surface area contributed by atoms with Gasteiger partial charge in [0.2, 0.25) is 22.7 Å². The molecule has 12 heteroatoms. The van der Waals surface area contributed by atoms with Gasteiger partial charge in [-0.1, -0.05) is 19.4 Å². The third-order valence-electron chi connectivity index (χ3n) is 8.24. The van der Waals surface area contributed by atoms with Crippen molar-refractivity contribution in [2.24, 2.45) is 5.92 Å². The minimum Gasteiger partial charge on any atom is -0.481 e. The van der Waals surface area contributed by atoms with Crippen LogP contribution in [0.2, 0.25) is 0 Å². The molecule has 3 aliphatic rings. The van der Waals surface area contributed by atoms with Crippen LogP contribution in [-0.2, 0) is 19.6 Å². The molecule has 0 aliphatic carbocycles. The van der Waals surface area contributed by atoms with Gasteiger partial charge in [0.05, 0.1) is 18.2 Å². The van der Waals surface area contributed by atoms with Crippen LogP contribution in [0, 0.1) is 5.92 Å². The second kappa shape index (κ2) is 13.5. The lowest BCUT2D eigenvalue weighted by molar-refractivity contribution is -0.143. The molecule has 1 aromatic rings. The second-order valence-electron chi connectivity index (χ2n) is 11.3. The van der Waals surface area contributed by atoms with E-state index in [2.05, 4.69) is 11.8 Å². The van der Waals surface area contributed by atoms with Crippen molar-refractivity contribution in [2.75, 3.05) is 72.5 Å². The van der Waals surface area contributed by atoms with Crippen LogP contribution in [-0.4, -0.2) is 123 Å². The van der Waals surface area contributed by atoms with Gasteiger partial charge in [-0.3, -0.25) is 14.5 Å². The summed E-state index contributed by atoms with van der Waals surface area (Å²) in [5.74, 6) is -0.791. The molecule has 0 aromatic heterocycles. The van der Waals surface area contributed by atoms with Crippen LogP contribution < -0.4 is 9.47 Å². The van der Waals surface area contributed by atoms with Gasteiger partial charge in [0.15, 0.2) is 11.5 Å². The summed E-state index contributed by atoms with van der Waals surface area (Å²) in [5.41, 5.74) is 0.819. The van der Waals surface area contributed by atoms with Gasteiger partial charge < -0.3 is 24.4 Å². The molecule has 0 spiro atoms. The van der Waals surface area contributed by atoms with E-state index < -0.39 is 28.0 Å². The number of benzene rings is 1. The first-order chi connectivity index (χ1) is 19.1. The van der Waals surface area contributed by atoms with E-state index in [1.54, 1.807) is 6.07 Å². The SMILES string of the molecule is CCCCN(CCCN(C)C)C(=O)CN1C[C@H](c2ccc3c(c2)OCO3)C(C(=O)O)[C@@H]1CCN1CCCS1(=O)=O. The number of sulfonamides is 1. The number of carbonyl (C=O) groups excluding carboxylic acids is 1. The van der Waals surface area contributed by atoms with E-state index in [0.29, 0.717) is 50.5 Å². The highest BCUT2D eigenvalue weighted by molar-refractivity contribution is 7.89. The molecule has 3 heterocycles. The molecule has 1 N–H and O–H groups in total. The first kappa shape index (κ1) is 30.5. The zero-order valence-electron chi connectivity index (χ0n) is 24.0. The molecule has 224 valence electrons. The summed E-state index contributed by atoms with van der Waals surface area (Å²) in [7, 11) is 0.707. The molecule has 1 unspecified atom stereocenters. The summed E-state index contributed by atoms with van der Waals surface area (Å²) in [6.45, 7) is 5.61. The number of carbonyl (C=O) groups is 2. The summed E-state index contributed by atoms with van der Waals surface area (Å²) in [6.07, 6.45) is 3.66. The molecule has 3 atom stereocenters. The van der Waals surface area contributed by atoms with Gasteiger partial charge in [-0.25, -0.2) is 12.7 Å². The number of nitrogens with zero attached hydrogens (tertiary/aromatic N) is 4. The number of amides is 1.